The van der Waals surface area contributed by atoms with Crippen LogP contribution in [-0.2, 0) is 16.2 Å². The third kappa shape index (κ3) is 4.41. The van der Waals surface area contributed by atoms with Crippen LogP contribution in [0, 0.1) is 17.8 Å². The predicted molar refractivity (Wildman–Crippen MR) is 86.4 cm³/mol. The Kier molecular flexibility index (Phi) is 6.13. The summed E-state index contributed by atoms with van der Waals surface area (Å²) in [6, 6.07) is 9.84. The van der Waals surface area contributed by atoms with Gasteiger partial charge in [-0.2, -0.15) is 0 Å². The summed E-state index contributed by atoms with van der Waals surface area (Å²) in [7, 11) is 0. The molecule has 1 aliphatic carbocycles. The minimum Gasteiger partial charge on any atom is -0.392 e. The zero-order valence-electron chi connectivity index (χ0n) is 13.3. The first-order chi connectivity index (χ1) is 10.6. The predicted octanol–water partition coefficient (Wildman–Crippen LogP) is 3.19. The van der Waals surface area contributed by atoms with Crippen molar-refractivity contribution in [2.24, 2.45) is 22.9 Å². The molecule has 1 N–H and O–H groups in total. The molecule has 4 atom stereocenters. The van der Waals surface area contributed by atoms with Gasteiger partial charge in [0.25, 0.3) is 0 Å². The molecule has 0 bridgehead atoms. The van der Waals surface area contributed by atoms with Gasteiger partial charge in [0.15, 0.2) is 0 Å². The number of rotatable bonds is 7. The van der Waals surface area contributed by atoms with Crippen LogP contribution in [0.15, 0.2) is 35.5 Å². The molecule has 1 saturated carbocycles. The molecule has 0 saturated heterocycles. The van der Waals surface area contributed by atoms with E-state index in [2.05, 4.69) is 5.16 Å². The summed E-state index contributed by atoms with van der Waals surface area (Å²) in [6.45, 7) is 4.43. The van der Waals surface area contributed by atoms with E-state index in [9.17, 15) is 9.90 Å². The normalized spacial score (nSPS) is 24.6. The Labute approximate surface area is 132 Å². The maximum absolute atomic E-state index is 11.8. The molecule has 120 valence electrons. The van der Waals surface area contributed by atoms with Crippen molar-refractivity contribution in [1.29, 1.82) is 0 Å². The van der Waals surface area contributed by atoms with Crippen molar-refractivity contribution in [1.82, 2.24) is 0 Å². The molecule has 1 aliphatic rings. The molecule has 2 rings (SSSR count). The van der Waals surface area contributed by atoms with E-state index in [0.717, 1.165) is 12.0 Å². The number of aliphatic hydroxyl groups is 1. The Bertz CT molecular complexity index is 500. The average molecular weight is 303 g/mol. The van der Waals surface area contributed by atoms with Crippen LogP contribution in [0.1, 0.15) is 38.7 Å². The standard InChI is InChI=1S/C18H25NO3/c1-13-8-9-16(20)17(13)18(21)14(2)10-11-19-22-12-15-6-4-3-5-7-15/h3-7,11,13-14,17-18,21H,8-10,12H2,1-2H3/b19-11+/t13?,14-,17-,18-/m1/s1. The van der Waals surface area contributed by atoms with Crippen LogP contribution in [0.2, 0.25) is 0 Å². The SMILES string of the molecule is CC1CCC(=O)[C@@H]1[C@H](O)[C@H](C)C/C=N/OCc1ccccc1. The number of ketones is 1. The number of nitrogens with zero attached hydrogens (tertiary/aromatic N) is 1. The van der Waals surface area contributed by atoms with E-state index in [1.165, 1.54) is 0 Å². The maximum atomic E-state index is 11.8. The van der Waals surface area contributed by atoms with Crippen molar-refractivity contribution >= 4 is 12.0 Å². The Balaban J connectivity index is 1.73. The minimum absolute atomic E-state index is 0.00132. The van der Waals surface area contributed by atoms with E-state index in [-0.39, 0.29) is 23.5 Å². The molecule has 0 radical (unpaired) electrons. The van der Waals surface area contributed by atoms with E-state index in [0.29, 0.717) is 19.4 Å². The summed E-state index contributed by atoms with van der Waals surface area (Å²) in [4.78, 5) is 17.1. The second kappa shape index (κ2) is 8.08. The number of hydrogen-bond acceptors (Lipinski definition) is 4. The highest BCUT2D eigenvalue weighted by Crippen LogP contribution is 2.33. The minimum atomic E-state index is -0.592. The topological polar surface area (TPSA) is 58.9 Å². The average Bonchev–Trinajstić information content (AvgIpc) is 2.86. The molecule has 4 heteroatoms. The van der Waals surface area contributed by atoms with Crippen molar-refractivity contribution in [2.75, 3.05) is 0 Å². The molecule has 1 aromatic carbocycles. The van der Waals surface area contributed by atoms with Gasteiger partial charge in [0.05, 0.1) is 6.10 Å². The number of oxime groups is 1. The number of carbonyl (C=O) groups is 1. The van der Waals surface area contributed by atoms with Gasteiger partial charge in [-0.1, -0.05) is 49.3 Å². The fraction of sp³-hybridized carbons (Fsp3) is 0.556. The fourth-order valence-electron chi connectivity index (χ4n) is 3.00. The number of benzene rings is 1. The third-order valence-electron chi connectivity index (χ3n) is 4.48. The Morgan fingerprint density at radius 1 is 1.41 bits per heavy atom. The number of carbonyl (C=O) groups excluding carboxylic acids is 1. The van der Waals surface area contributed by atoms with Gasteiger partial charge in [0.2, 0.25) is 0 Å². The first kappa shape index (κ1) is 16.7. The molecule has 4 nitrogen and oxygen atoms in total. The second-order valence-electron chi connectivity index (χ2n) is 6.26. The van der Waals surface area contributed by atoms with Crippen molar-refractivity contribution < 1.29 is 14.7 Å². The van der Waals surface area contributed by atoms with Crippen molar-refractivity contribution in [3.63, 3.8) is 0 Å². The summed E-state index contributed by atoms with van der Waals surface area (Å²) >= 11 is 0. The number of Topliss-reactive ketones (excluding diaryl/α,β-unsaturated/α-hetero) is 1. The molecule has 1 aromatic rings. The molecule has 0 aliphatic heterocycles. The highest BCUT2D eigenvalue weighted by atomic mass is 16.6. The quantitative estimate of drug-likeness (QED) is 0.621. The smallest absolute Gasteiger partial charge is 0.142 e. The Hall–Kier alpha value is -1.68. The first-order valence-electron chi connectivity index (χ1n) is 7.98. The fourth-order valence-corrected chi connectivity index (χ4v) is 3.00. The molecule has 0 spiro atoms. The number of hydrogen-bond donors (Lipinski definition) is 1. The molecule has 0 aromatic heterocycles. The van der Waals surface area contributed by atoms with E-state index < -0.39 is 6.10 Å². The molecule has 1 fully saturated rings. The van der Waals surface area contributed by atoms with Crippen LogP contribution in [0.5, 0.6) is 0 Å². The zero-order valence-corrected chi connectivity index (χ0v) is 13.3. The van der Waals surface area contributed by atoms with Gasteiger partial charge >= 0.3 is 0 Å². The van der Waals surface area contributed by atoms with Crippen molar-refractivity contribution in [2.45, 2.75) is 45.8 Å². The molecular formula is C18H25NO3. The highest BCUT2D eigenvalue weighted by Gasteiger charge is 2.38. The Morgan fingerprint density at radius 2 is 2.14 bits per heavy atom. The summed E-state index contributed by atoms with van der Waals surface area (Å²) in [6.07, 6.45) is 3.18. The zero-order chi connectivity index (χ0) is 15.9. The molecule has 1 unspecified atom stereocenters. The van der Waals surface area contributed by atoms with Crippen LogP contribution in [-0.4, -0.2) is 23.2 Å². The molecule has 0 heterocycles. The van der Waals surface area contributed by atoms with Gasteiger partial charge in [0.1, 0.15) is 12.4 Å². The highest BCUT2D eigenvalue weighted by molar-refractivity contribution is 5.84. The van der Waals surface area contributed by atoms with Crippen LogP contribution in [0.25, 0.3) is 0 Å². The third-order valence-corrected chi connectivity index (χ3v) is 4.48. The molecule has 0 amide bonds. The van der Waals surface area contributed by atoms with Gasteiger partial charge in [-0.25, -0.2) is 0 Å². The lowest BCUT2D eigenvalue weighted by Crippen LogP contribution is -2.33. The number of aliphatic hydroxyl groups excluding tert-OH is 1. The summed E-state index contributed by atoms with van der Waals surface area (Å²) in [5, 5.41) is 14.3. The lowest BCUT2D eigenvalue weighted by Gasteiger charge is -2.25. The van der Waals surface area contributed by atoms with Crippen molar-refractivity contribution in [3.8, 4) is 0 Å². The van der Waals surface area contributed by atoms with Gasteiger partial charge in [-0.15, -0.1) is 0 Å². The van der Waals surface area contributed by atoms with Gasteiger partial charge in [0, 0.05) is 18.6 Å². The molecule has 22 heavy (non-hydrogen) atoms. The van der Waals surface area contributed by atoms with Crippen LogP contribution < -0.4 is 0 Å². The monoisotopic (exact) mass is 303 g/mol. The van der Waals surface area contributed by atoms with Crippen LogP contribution >= 0.6 is 0 Å². The van der Waals surface area contributed by atoms with Crippen molar-refractivity contribution in [3.05, 3.63) is 35.9 Å². The van der Waals surface area contributed by atoms with Gasteiger partial charge in [-0.05, 0) is 30.2 Å². The summed E-state index contributed by atoms with van der Waals surface area (Å²) in [5.41, 5.74) is 1.07. The lowest BCUT2D eigenvalue weighted by atomic mass is 9.84. The summed E-state index contributed by atoms with van der Waals surface area (Å²) < 4.78 is 0. The van der Waals surface area contributed by atoms with E-state index >= 15 is 0 Å². The lowest BCUT2D eigenvalue weighted by molar-refractivity contribution is -0.125. The van der Waals surface area contributed by atoms with Gasteiger partial charge in [-0.3, -0.25) is 4.79 Å². The largest absolute Gasteiger partial charge is 0.392 e. The second-order valence-corrected chi connectivity index (χ2v) is 6.26. The molecular weight excluding hydrogens is 278 g/mol. The van der Waals surface area contributed by atoms with E-state index in [4.69, 9.17) is 4.84 Å². The van der Waals surface area contributed by atoms with Crippen LogP contribution in [0.4, 0.5) is 0 Å². The van der Waals surface area contributed by atoms with Crippen LogP contribution in [0.3, 0.4) is 0 Å². The van der Waals surface area contributed by atoms with E-state index in [1.807, 2.05) is 44.2 Å². The first-order valence-corrected chi connectivity index (χ1v) is 7.98. The van der Waals surface area contributed by atoms with E-state index in [1.54, 1.807) is 6.21 Å². The Morgan fingerprint density at radius 3 is 2.77 bits per heavy atom. The maximum Gasteiger partial charge on any atom is 0.142 e. The summed E-state index contributed by atoms with van der Waals surface area (Å²) in [5.74, 6) is 0.257. The van der Waals surface area contributed by atoms with Gasteiger partial charge < -0.3 is 9.94 Å².